The lowest BCUT2D eigenvalue weighted by molar-refractivity contribution is 0.463. The van der Waals surface area contributed by atoms with Crippen LogP contribution in [0.5, 0.6) is 0 Å². The maximum Gasteiger partial charge on any atom is 0.134 e. The van der Waals surface area contributed by atoms with Gasteiger partial charge < -0.3 is 9.73 Å². The van der Waals surface area contributed by atoms with Gasteiger partial charge in [-0.15, -0.1) is 0 Å². The van der Waals surface area contributed by atoms with Crippen LogP contribution in [0.15, 0.2) is 34.7 Å². The summed E-state index contributed by atoms with van der Waals surface area (Å²) in [6.07, 6.45) is 0. The van der Waals surface area contributed by atoms with Gasteiger partial charge in [0.1, 0.15) is 11.3 Å². The van der Waals surface area contributed by atoms with Gasteiger partial charge >= 0.3 is 0 Å². The minimum atomic E-state index is 0.277. The first-order valence-corrected chi connectivity index (χ1v) is 7.84. The first-order chi connectivity index (χ1) is 8.99. The van der Waals surface area contributed by atoms with E-state index in [1.54, 1.807) is 0 Å². The van der Waals surface area contributed by atoms with Gasteiger partial charge in [-0.1, -0.05) is 45.9 Å². The molecule has 0 radical (unpaired) electrons. The average molecular weight is 277 g/mol. The predicted molar refractivity (Wildman–Crippen MR) is 84.8 cm³/mol. The molecule has 1 atom stereocenters. The van der Waals surface area contributed by atoms with E-state index in [-0.39, 0.29) is 10.8 Å². The molecule has 0 saturated carbocycles. The quantitative estimate of drug-likeness (QED) is 0.863. The predicted octanol–water partition coefficient (Wildman–Crippen LogP) is 4.62. The van der Waals surface area contributed by atoms with Crippen LogP contribution in [0.3, 0.4) is 0 Å². The van der Waals surface area contributed by atoms with Gasteiger partial charge in [0.05, 0.1) is 6.04 Å². The highest BCUT2D eigenvalue weighted by atomic mass is 32.2. The summed E-state index contributed by atoms with van der Waals surface area (Å²) < 4.78 is 6.25. The third-order valence-electron chi connectivity index (χ3n) is 2.92. The highest BCUT2D eigenvalue weighted by molar-refractivity contribution is 8.00. The molecule has 3 heteroatoms. The van der Waals surface area contributed by atoms with E-state index in [1.807, 2.05) is 30.0 Å². The molecule has 0 bridgehead atoms. The van der Waals surface area contributed by atoms with Crippen molar-refractivity contribution in [1.82, 2.24) is 5.32 Å². The van der Waals surface area contributed by atoms with E-state index in [9.17, 15) is 0 Å². The number of fused-ring (bicyclic) bond motifs is 1. The second-order valence-corrected chi connectivity index (χ2v) is 7.57. The van der Waals surface area contributed by atoms with Crippen molar-refractivity contribution in [2.75, 3.05) is 12.3 Å². The van der Waals surface area contributed by atoms with Crippen molar-refractivity contribution < 1.29 is 4.42 Å². The summed E-state index contributed by atoms with van der Waals surface area (Å²) in [5.74, 6) is 2.07. The number of nitrogens with one attached hydrogen (secondary N) is 1. The van der Waals surface area contributed by atoms with Crippen molar-refractivity contribution in [3.63, 3.8) is 0 Å². The fourth-order valence-corrected chi connectivity index (χ4v) is 2.94. The molecule has 0 aliphatic carbocycles. The van der Waals surface area contributed by atoms with Crippen LogP contribution >= 0.6 is 11.8 Å². The normalized spacial score (nSPS) is 13.9. The molecule has 1 aromatic carbocycles. The lowest BCUT2D eigenvalue weighted by Crippen LogP contribution is -2.24. The van der Waals surface area contributed by atoms with Crippen molar-refractivity contribution in [2.45, 2.75) is 38.5 Å². The zero-order valence-electron chi connectivity index (χ0n) is 12.2. The molecule has 1 unspecified atom stereocenters. The molecular weight excluding hydrogens is 254 g/mol. The minimum absolute atomic E-state index is 0.277. The third-order valence-corrected chi connectivity index (χ3v) is 4.29. The zero-order chi connectivity index (χ0) is 13.9. The molecule has 1 heterocycles. The second kappa shape index (κ2) is 6.02. The van der Waals surface area contributed by atoms with Gasteiger partial charge in [0.25, 0.3) is 0 Å². The highest BCUT2D eigenvalue weighted by Gasteiger charge is 2.19. The lowest BCUT2D eigenvalue weighted by Gasteiger charge is -2.22. The van der Waals surface area contributed by atoms with Crippen LogP contribution in [0.4, 0.5) is 0 Å². The average Bonchev–Trinajstić information content (AvgIpc) is 2.76. The molecule has 0 fully saturated rings. The van der Waals surface area contributed by atoms with Crippen molar-refractivity contribution >= 4 is 22.7 Å². The van der Waals surface area contributed by atoms with Gasteiger partial charge in [-0.3, -0.25) is 0 Å². The largest absolute Gasteiger partial charge is 0.459 e. The molecule has 1 N–H and O–H groups in total. The number of para-hydroxylation sites is 1. The molecule has 0 amide bonds. The van der Waals surface area contributed by atoms with E-state index in [4.69, 9.17) is 4.42 Å². The van der Waals surface area contributed by atoms with E-state index in [1.165, 1.54) is 5.39 Å². The van der Waals surface area contributed by atoms with Crippen LogP contribution < -0.4 is 5.32 Å². The van der Waals surface area contributed by atoms with Gasteiger partial charge in [-0.2, -0.15) is 11.8 Å². The summed E-state index contributed by atoms with van der Waals surface area (Å²) in [7, 11) is 0. The van der Waals surface area contributed by atoms with Gasteiger partial charge in [0, 0.05) is 15.9 Å². The smallest absolute Gasteiger partial charge is 0.134 e. The van der Waals surface area contributed by atoms with Crippen molar-refractivity contribution in [1.29, 1.82) is 0 Å². The molecular formula is C16H23NOS. The van der Waals surface area contributed by atoms with E-state index in [2.05, 4.69) is 45.1 Å². The zero-order valence-corrected chi connectivity index (χ0v) is 13.0. The Morgan fingerprint density at radius 3 is 2.63 bits per heavy atom. The number of rotatable bonds is 5. The number of thioether (sulfide) groups is 1. The Morgan fingerprint density at radius 1 is 1.26 bits per heavy atom. The monoisotopic (exact) mass is 277 g/mol. The lowest BCUT2D eigenvalue weighted by atomic mass is 10.2. The van der Waals surface area contributed by atoms with Crippen molar-refractivity contribution in [2.24, 2.45) is 0 Å². The molecule has 1 aromatic heterocycles. The fraction of sp³-hybridized carbons (Fsp3) is 0.500. The van der Waals surface area contributed by atoms with E-state index in [0.717, 1.165) is 23.6 Å². The molecule has 0 aliphatic rings. The van der Waals surface area contributed by atoms with E-state index < -0.39 is 0 Å². The molecule has 2 rings (SSSR count). The van der Waals surface area contributed by atoms with E-state index in [0.29, 0.717) is 0 Å². The SMILES string of the molecule is CCNC(CSC(C)(C)C)c1cc2ccccc2o1. The van der Waals surface area contributed by atoms with Crippen LogP contribution in [0.25, 0.3) is 11.0 Å². The van der Waals surface area contributed by atoms with Gasteiger partial charge in [-0.05, 0) is 18.7 Å². The Labute approximate surface area is 119 Å². The summed E-state index contributed by atoms with van der Waals surface area (Å²) in [5, 5.41) is 4.70. The number of furan rings is 1. The van der Waals surface area contributed by atoms with Gasteiger partial charge in [-0.25, -0.2) is 0 Å². The maximum absolute atomic E-state index is 5.97. The minimum Gasteiger partial charge on any atom is -0.459 e. The standard InChI is InChI=1S/C16H23NOS/c1-5-17-13(11-19-16(2,3)4)15-10-12-8-6-7-9-14(12)18-15/h6-10,13,17H,5,11H2,1-4H3. The van der Waals surface area contributed by atoms with Crippen molar-refractivity contribution in [3.8, 4) is 0 Å². The fourth-order valence-electron chi connectivity index (χ4n) is 2.00. The molecule has 2 nitrogen and oxygen atoms in total. The summed E-state index contributed by atoms with van der Waals surface area (Å²) in [6.45, 7) is 9.84. The Kier molecular flexibility index (Phi) is 4.58. The van der Waals surface area contributed by atoms with Crippen LogP contribution in [0, 0.1) is 0 Å². The molecule has 0 spiro atoms. The first kappa shape index (κ1) is 14.5. The van der Waals surface area contributed by atoms with Crippen LogP contribution in [-0.2, 0) is 0 Å². The van der Waals surface area contributed by atoms with Crippen LogP contribution in [0.1, 0.15) is 39.5 Å². The molecule has 104 valence electrons. The summed E-state index contributed by atoms with van der Waals surface area (Å²) in [5.41, 5.74) is 0.973. The third kappa shape index (κ3) is 4.02. The number of hydrogen-bond donors (Lipinski definition) is 1. The molecule has 19 heavy (non-hydrogen) atoms. The summed E-state index contributed by atoms with van der Waals surface area (Å²) >= 11 is 1.96. The Hall–Kier alpha value is -0.930. The summed E-state index contributed by atoms with van der Waals surface area (Å²) in [6, 6.07) is 10.6. The number of benzene rings is 1. The van der Waals surface area contributed by atoms with Crippen LogP contribution in [0.2, 0.25) is 0 Å². The molecule has 2 aromatic rings. The first-order valence-electron chi connectivity index (χ1n) is 6.85. The number of hydrogen-bond acceptors (Lipinski definition) is 3. The highest BCUT2D eigenvalue weighted by Crippen LogP contribution is 2.30. The Balaban J connectivity index is 2.17. The molecule has 0 aliphatic heterocycles. The Morgan fingerprint density at radius 2 is 2.00 bits per heavy atom. The van der Waals surface area contributed by atoms with Crippen LogP contribution in [-0.4, -0.2) is 17.0 Å². The summed E-state index contributed by atoms with van der Waals surface area (Å²) in [4.78, 5) is 0. The maximum atomic E-state index is 5.97. The Bertz CT molecular complexity index is 494. The van der Waals surface area contributed by atoms with Gasteiger partial charge in [0.2, 0.25) is 0 Å². The van der Waals surface area contributed by atoms with Crippen molar-refractivity contribution in [3.05, 3.63) is 36.1 Å². The van der Waals surface area contributed by atoms with Gasteiger partial charge in [0.15, 0.2) is 0 Å². The topological polar surface area (TPSA) is 25.2 Å². The van der Waals surface area contributed by atoms with E-state index >= 15 is 0 Å². The second-order valence-electron chi connectivity index (χ2n) is 5.72. The molecule has 0 saturated heterocycles.